The molecular formula is C22H27ClN2O4. The van der Waals surface area contributed by atoms with Crippen molar-refractivity contribution < 1.29 is 13.9 Å². The Balaban J connectivity index is 1.53. The van der Waals surface area contributed by atoms with Crippen molar-refractivity contribution >= 4 is 17.5 Å². The highest BCUT2D eigenvalue weighted by Gasteiger charge is 2.24. The summed E-state index contributed by atoms with van der Waals surface area (Å²) < 4.78 is 11.2. The van der Waals surface area contributed by atoms with Gasteiger partial charge in [0.1, 0.15) is 18.6 Å². The van der Waals surface area contributed by atoms with E-state index >= 15 is 0 Å². The fourth-order valence-corrected chi connectivity index (χ4v) is 3.42. The van der Waals surface area contributed by atoms with E-state index in [0.717, 1.165) is 25.1 Å². The molecule has 1 atom stereocenters. The van der Waals surface area contributed by atoms with Crippen molar-refractivity contribution in [3.63, 3.8) is 0 Å². The first-order valence-electron chi connectivity index (χ1n) is 9.97. The van der Waals surface area contributed by atoms with Gasteiger partial charge in [-0.15, -0.1) is 0 Å². The van der Waals surface area contributed by atoms with Crippen LogP contribution in [0.4, 0.5) is 0 Å². The Morgan fingerprint density at radius 1 is 1.24 bits per heavy atom. The molecule has 0 bridgehead atoms. The predicted molar refractivity (Wildman–Crippen MR) is 112 cm³/mol. The molecule has 0 saturated carbocycles. The second kappa shape index (κ2) is 9.94. The highest BCUT2D eigenvalue weighted by atomic mass is 35.5. The van der Waals surface area contributed by atoms with Crippen molar-refractivity contribution in [1.29, 1.82) is 0 Å². The minimum atomic E-state index is -0.219. The van der Waals surface area contributed by atoms with Crippen LogP contribution in [0.5, 0.6) is 5.75 Å². The van der Waals surface area contributed by atoms with Gasteiger partial charge in [-0.1, -0.05) is 43.6 Å². The Morgan fingerprint density at radius 3 is 2.62 bits per heavy atom. The molecule has 0 radical (unpaired) electrons. The summed E-state index contributed by atoms with van der Waals surface area (Å²) in [4.78, 5) is 28.7. The molecule has 1 fully saturated rings. The highest BCUT2D eigenvalue weighted by molar-refractivity contribution is 6.31. The van der Waals surface area contributed by atoms with E-state index in [2.05, 4.69) is 4.90 Å². The zero-order chi connectivity index (χ0) is 20.8. The topological polar surface area (TPSA) is 63.0 Å². The number of hydrogen-bond acceptors (Lipinski definition) is 5. The van der Waals surface area contributed by atoms with Crippen LogP contribution in [0.3, 0.4) is 0 Å². The smallest absolute Gasteiger partial charge is 0.227 e. The molecule has 1 amide bonds. The van der Waals surface area contributed by atoms with Crippen LogP contribution in [0.2, 0.25) is 5.02 Å². The van der Waals surface area contributed by atoms with Gasteiger partial charge in [0.2, 0.25) is 17.1 Å². The van der Waals surface area contributed by atoms with Crippen molar-refractivity contribution in [2.75, 3.05) is 26.2 Å². The van der Waals surface area contributed by atoms with Crippen LogP contribution in [0.1, 0.15) is 31.6 Å². The molecule has 1 aliphatic heterocycles. The average molecular weight is 419 g/mol. The summed E-state index contributed by atoms with van der Waals surface area (Å²) in [5, 5.41) is 0.597. The van der Waals surface area contributed by atoms with Crippen LogP contribution in [0.25, 0.3) is 0 Å². The lowest BCUT2D eigenvalue weighted by molar-refractivity contribution is -0.136. The number of piperazine rings is 1. The fourth-order valence-electron chi connectivity index (χ4n) is 3.23. The van der Waals surface area contributed by atoms with Gasteiger partial charge >= 0.3 is 0 Å². The van der Waals surface area contributed by atoms with E-state index in [1.165, 1.54) is 12.3 Å². The number of carbonyl (C=O) groups excluding carboxylic acids is 1. The van der Waals surface area contributed by atoms with Gasteiger partial charge in [0.15, 0.2) is 0 Å². The lowest BCUT2D eigenvalue weighted by Gasteiger charge is -2.35. The zero-order valence-electron chi connectivity index (χ0n) is 16.9. The van der Waals surface area contributed by atoms with E-state index in [4.69, 9.17) is 20.8 Å². The number of amides is 1. The minimum Gasteiger partial charge on any atom is -0.482 e. The number of halogens is 1. The third-order valence-electron chi connectivity index (χ3n) is 5.29. The standard InChI is InChI=1S/C22H27ClN2O4/c1-3-16(2)22(27)25-10-8-24(9-11-25)13-18-12-20(26)21(15-28-18)29-14-17-6-4-5-7-19(17)23/h4-7,12,15-16H,3,8-11,13-14H2,1-2H3. The fraction of sp³-hybridized carbons (Fsp3) is 0.455. The molecule has 0 aliphatic carbocycles. The second-order valence-corrected chi connectivity index (χ2v) is 7.77. The Labute approximate surface area is 176 Å². The summed E-state index contributed by atoms with van der Waals surface area (Å²) in [6.45, 7) is 7.66. The summed E-state index contributed by atoms with van der Waals surface area (Å²) in [7, 11) is 0. The van der Waals surface area contributed by atoms with Gasteiger partial charge in [0.25, 0.3) is 0 Å². The number of carbonyl (C=O) groups is 1. The van der Waals surface area contributed by atoms with Crippen LogP contribution in [-0.4, -0.2) is 41.9 Å². The maximum absolute atomic E-state index is 12.3. The molecule has 0 spiro atoms. The number of hydrogen-bond donors (Lipinski definition) is 0. The van der Waals surface area contributed by atoms with Gasteiger partial charge in [-0.25, -0.2) is 0 Å². The van der Waals surface area contributed by atoms with E-state index in [1.807, 2.05) is 36.9 Å². The Bertz CT molecular complexity index is 890. The summed E-state index contributed by atoms with van der Waals surface area (Å²) in [5.74, 6) is 1.04. The van der Waals surface area contributed by atoms with E-state index in [0.29, 0.717) is 30.4 Å². The normalized spacial score (nSPS) is 15.9. The Kier molecular flexibility index (Phi) is 7.34. The average Bonchev–Trinajstić information content (AvgIpc) is 2.73. The first kappa shape index (κ1) is 21.4. The highest BCUT2D eigenvalue weighted by Crippen LogP contribution is 2.18. The molecule has 2 heterocycles. The van der Waals surface area contributed by atoms with Crippen LogP contribution in [-0.2, 0) is 17.9 Å². The molecule has 1 unspecified atom stereocenters. The zero-order valence-corrected chi connectivity index (χ0v) is 17.7. The number of nitrogens with zero attached hydrogens (tertiary/aromatic N) is 2. The molecule has 156 valence electrons. The number of rotatable bonds is 7. The van der Waals surface area contributed by atoms with Crippen molar-refractivity contribution in [3.8, 4) is 5.75 Å². The molecule has 2 aromatic rings. The van der Waals surface area contributed by atoms with Gasteiger partial charge in [0, 0.05) is 48.7 Å². The first-order valence-corrected chi connectivity index (χ1v) is 10.3. The number of ether oxygens (including phenoxy) is 1. The summed E-state index contributed by atoms with van der Waals surface area (Å²) >= 11 is 6.11. The minimum absolute atomic E-state index is 0.0675. The van der Waals surface area contributed by atoms with E-state index in [9.17, 15) is 9.59 Å². The van der Waals surface area contributed by atoms with Gasteiger partial charge in [-0.05, 0) is 12.5 Å². The van der Waals surface area contributed by atoms with E-state index in [1.54, 1.807) is 6.07 Å². The molecule has 1 saturated heterocycles. The molecule has 1 aromatic carbocycles. The third-order valence-corrected chi connectivity index (χ3v) is 5.66. The van der Waals surface area contributed by atoms with Crippen LogP contribution in [0.15, 0.2) is 45.8 Å². The summed E-state index contributed by atoms with van der Waals surface area (Å²) in [6, 6.07) is 8.81. The van der Waals surface area contributed by atoms with Gasteiger partial charge < -0.3 is 14.1 Å². The molecule has 6 nitrogen and oxygen atoms in total. The van der Waals surface area contributed by atoms with Gasteiger partial charge in [-0.2, -0.15) is 0 Å². The lowest BCUT2D eigenvalue weighted by Crippen LogP contribution is -2.49. The molecule has 0 N–H and O–H groups in total. The van der Waals surface area contributed by atoms with Crippen molar-refractivity contribution in [3.05, 3.63) is 63.2 Å². The molecule has 29 heavy (non-hydrogen) atoms. The molecule has 1 aliphatic rings. The molecule has 1 aromatic heterocycles. The van der Waals surface area contributed by atoms with E-state index < -0.39 is 0 Å². The maximum Gasteiger partial charge on any atom is 0.227 e. The van der Waals surface area contributed by atoms with Crippen molar-refractivity contribution in [2.24, 2.45) is 5.92 Å². The van der Waals surface area contributed by atoms with Crippen molar-refractivity contribution in [2.45, 2.75) is 33.4 Å². The third kappa shape index (κ3) is 5.61. The van der Waals surface area contributed by atoms with Gasteiger partial charge in [0.05, 0.1) is 6.54 Å². The van der Waals surface area contributed by atoms with Crippen molar-refractivity contribution in [1.82, 2.24) is 9.80 Å². The maximum atomic E-state index is 12.3. The second-order valence-electron chi connectivity index (χ2n) is 7.37. The van der Waals surface area contributed by atoms with Gasteiger partial charge in [-0.3, -0.25) is 14.5 Å². The van der Waals surface area contributed by atoms with Crippen LogP contribution < -0.4 is 10.2 Å². The predicted octanol–water partition coefficient (Wildman–Crippen LogP) is 3.56. The summed E-state index contributed by atoms with van der Waals surface area (Å²) in [6.07, 6.45) is 2.21. The molecule has 3 rings (SSSR count). The monoisotopic (exact) mass is 418 g/mol. The lowest BCUT2D eigenvalue weighted by atomic mass is 10.1. The van der Waals surface area contributed by atoms with Crippen LogP contribution in [0, 0.1) is 5.92 Å². The first-order chi connectivity index (χ1) is 14.0. The largest absolute Gasteiger partial charge is 0.482 e. The molecule has 7 heteroatoms. The SMILES string of the molecule is CCC(C)C(=O)N1CCN(Cc2cc(=O)c(OCc3ccccc3Cl)co2)CC1. The summed E-state index contributed by atoms with van der Waals surface area (Å²) in [5.41, 5.74) is 0.589. The number of benzene rings is 1. The Morgan fingerprint density at radius 2 is 1.97 bits per heavy atom. The van der Waals surface area contributed by atoms with E-state index in [-0.39, 0.29) is 29.6 Å². The molecular weight excluding hydrogens is 392 g/mol. The quantitative estimate of drug-likeness (QED) is 0.687. The Hall–Kier alpha value is -2.31. The van der Waals surface area contributed by atoms with Crippen LogP contribution >= 0.6 is 11.6 Å².